The quantitative estimate of drug-likeness (QED) is 0.850. The van der Waals surface area contributed by atoms with Gasteiger partial charge in [0.2, 0.25) is 0 Å². The van der Waals surface area contributed by atoms with Crippen LogP contribution < -0.4 is 5.73 Å². The summed E-state index contributed by atoms with van der Waals surface area (Å²) in [7, 11) is 1.81. The molecule has 0 spiro atoms. The van der Waals surface area contributed by atoms with Crippen molar-refractivity contribution >= 4 is 0 Å². The molecule has 1 aliphatic carbocycles. The van der Waals surface area contributed by atoms with Crippen LogP contribution in [0.1, 0.15) is 63.0 Å². The molecule has 0 heterocycles. The highest BCUT2D eigenvalue weighted by atomic mass is 16.5. The summed E-state index contributed by atoms with van der Waals surface area (Å²) < 4.78 is 5.80. The van der Waals surface area contributed by atoms with Gasteiger partial charge in [-0.1, -0.05) is 38.1 Å². The fraction of sp³-hybridized carbons (Fsp3) is 0.667. The molecule has 2 unspecified atom stereocenters. The molecule has 0 fully saturated rings. The first-order valence-corrected chi connectivity index (χ1v) is 8.05. The number of hydrogen-bond acceptors (Lipinski definition) is 2. The van der Waals surface area contributed by atoms with Gasteiger partial charge >= 0.3 is 0 Å². The normalized spacial score (nSPS) is 20.5. The first-order valence-electron chi connectivity index (χ1n) is 8.05. The highest BCUT2D eigenvalue weighted by Gasteiger charge is 2.35. The van der Waals surface area contributed by atoms with E-state index in [0.717, 1.165) is 19.3 Å². The van der Waals surface area contributed by atoms with Gasteiger partial charge < -0.3 is 10.5 Å². The second kappa shape index (κ2) is 6.73. The zero-order chi connectivity index (χ0) is 14.6. The highest BCUT2D eigenvalue weighted by Crippen LogP contribution is 2.37. The van der Waals surface area contributed by atoms with Gasteiger partial charge in [-0.05, 0) is 55.6 Å². The minimum absolute atomic E-state index is 0.110. The van der Waals surface area contributed by atoms with E-state index in [9.17, 15) is 0 Å². The van der Waals surface area contributed by atoms with Gasteiger partial charge in [-0.25, -0.2) is 0 Å². The van der Waals surface area contributed by atoms with Crippen molar-refractivity contribution in [1.29, 1.82) is 0 Å². The zero-order valence-electron chi connectivity index (χ0n) is 13.2. The summed E-state index contributed by atoms with van der Waals surface area (Å²) in [6.07, 6.45) is 6.76. The number of aryl methyl sites for hydroxylation is 1. The lowest BCUT2D eigenvalue weighted by molar-refractivity contribution is -0.0411. The summed E-state index contributed by atoms with van der Waals surface area (Å²) in [6, 6.07) is 8.98. The van der Waals surface area contributed by atoms with Crippen molar-refractivity contribution in [3.63, 3.8) is 0 Å². The first-order chi connectivity index (χ1) is 9.66. The Bertz CT molecular complexity index is 417. The Kier molecular flexibility index (Phi) is 5.22. The van der Waals surface area contributed by atoms with E-state index in [0.29, 0.717) is 5.92 Å². The average Bonchev–Trinajstić information content (AvgIpc) is 2.50. The number of ether oxygens (including phenoxy) is 1. The summed E-state index contributed by atoms with van der Waals surface area (Å²) in [5.74, 6) is 0.600. The Labute approximate surface area is 123 Å². The number of nitrogens with two attached hydrogens (primary N) is 1. The van der Waals surface area contributed by atoms with Crippen LogP contribution in [0.25, 0.3) is 0 Å². The van der Waals surface area contributed by atoms with Gasteiger partial charge in [-0.2, -0.15) is 0 Å². The molecule has 0 bridgehead atoms. The minimum atomic E-state index is -0.160. The third kappa shape index (κ3) is 2.91. The maximum absolute atomic E-state index is 6.55. The molecule has 0 amide bonds. The number of methoxy groups -OCH3 is 1. The Balaban J connectivity index is 2.15. The third-order valence-corrected chi connectivity index (χ3v) is 5.31. The Morgan fingerprint density at radius 2 is 2.00 bits per heavy atom. The van der Waals surface area contributed by atoms with E-state index in [1.165, 1.54) is 30.4 Å². The van der Waals surface area contributed by atoms with Gasteiger partial charge in [0, 0.05) is 13.2 Å². The molecule has 2 N–H and O–H groups in total. The van der Waals surface area contributed by atoms with Gasteiger partial charge in [-0.15, -0.1) is 0 Å². The lowest BCUT2D eigenvalue weighted by Crippen LogP contribution is -2.49. The SMILES string of the molecule is CCC(CC)(OC)C(N)CC1CCCc2ccccc21. The van der Waals surface area contributed by atoms with Gasteiger partial charge in [0.15, 0.2) is 0 Å². The van der Waals surface area contributed by atoms with Gasteiger partial charge in [0.05, 0.1) is 5.60 Å². The molecule has 1 aromatic carbocycles. The third-order valence-electron chi connectivity index (χ3n) is 5.31. The molecule has 2 nitrogen and oxygen atoms in total. The number of benzene rings is 1. The maximum atomic E-state index is 6.55. The second-order valence-electron chi connectivity index (χ2n) is 6.11. The van der Waals surface area contributed by atoms with E-state index in [4.69, 9.17) is 10.5 Å². The second-order valence-corrected chi connectivity index (χ2v) is 6.11. The standard InChI is InChI=1S/C18H29NO/c1-4-18(5-2,20-3)17(19)13-15-11-8-10-14-9-6-7-12-16(14)15/h6-7,9,12,15,17H,4-5,8,10-11,13,19H2,1-3H3. The fourth-order valence-electron chi connectivity index (χ4n) is 3.84. The van der Waals surface area contributed by atoms with Crippen LogP contribution in [0.15, 0.2) is 24.3 Å². The molecule has 2 rings (SSSR count). The summed E-state index contributed by atoms with van der Waals surface area (Å²) in [5.41, 5.74) is 9.43. The van der Waals surface area contributed by atoms with Gasteiger partial charge in [0.25, 0.3) is 0 Å². The summed E-state index contributed by atoms with van der Waals surface area (Å²) in [4.78, 5) is 0. The highest BCUT2D eigenvalue weighted by molar-refractivity contribution is 5.32. The Morgan fingerprint density at radius 1 is 1.30 bits per heavy atom. The van der Waals surface area contributed by atoms with Crippen LogP contribution in [0, 0.1) is 0 Å². The Hall–Kier alpha value is -0.860. The molecule has 0 saturated heterocycles. The molecule has 1 aromatic rings. The molecule has 112 valence electrons. The number of fused-ring (bicyclic) bond motifs is 1. The first kappa shape index (κ1) is 15.5. The van der Waals surface area contributed by atoms with Crippen LogP contribution in [-0.4, -0.2) is 18.8 Å². The summed E-state index contributed by atoms with van der Waals surface area (Å²) in [5, 5.41) is 0. The number of hydrogen-bond donors (Lipinski definition) is 1. The van der Waals surface area contributed by atoms with Crippen molar-refractivity contribution in [2.75, 3.05) is 7.11 Å². The van der Waals surface area contributed by atoms with Crippen molar-refractivity contribution in [3.05, 3.63) is 35.4 Å². The lowest BCUT2D eigenvalue weighted by Gasteiger charge is -2.39. The van der Waals surface area contributed by atoms with Crippen molar-refractivity contribution in [3.8, 4) is 0 Å². The molecule has 2 atom stereocenters. The van der Waals surface area contributed by atoms with Crippen LogP contribution in [0.4, 0.5) is 0 Å². The minimum Gasteiger partial charge on any atom is -0.377 e. The van der Waals surface area contributed by atoms with Gasteiger partial charge in [0.1, 0.15) is 0 Å². The molecular weight excluding hydrogens is 246 g/mol. The van der Waals surface area contributed by atoms with E-state index in [-0.39, 0.29) is 11.6 Å². The molecule has 0 aromatic heterocycles. The van der Waals surface area contributed by atoms with Crippen molar-refractivity contribution in [1.82, 2.24) is 0 Å². The van der Waals surface area contributed by atoms with Gasteiger partial charge in [-0.3, -0.25) is 0 Å². The molecule has 1 aliphatic rings. The van der Waals surface area contributed by atoms with Crippen LogP contribution in [0.2, 0.25) is 0 Å². The maximum Gasteiger partial charge on any atom is 0.0823 e. The summed E-state index contributed by atoms with van der Waals surface area (Å²) in [6.45, 7) is 4.36. The lowest BCUT2D eigenvalue weighted by atomic mass is 9.75. The fourth-order valence-corrected chi connectivity index (χ4v) is 3.84. The monoisotopic (exact) mass is 275 g/mol. The average molecular weight is 275 g/mol. The van der Waals surface area contributed by atoms with Crippen LogP contribution in [-0.2, 0) is 11.2 Å². The Morgan fingerprint density at radius 3 is 2.65 bits per heavy atom. The summed E-state index contributed by atoms with van der Waals surface area (Å²) >= 11 is 0. The van der Waals surface area contributed by atoms with Crippen LogP contribution >= 0.6 is 0 Å². The van der Waals surface area contributed by atoms with Crippen molar-refractivity contribution < 1.29 is 4.74 Å². The smallest absolute Gasteiger partial charge is 0.0823 e. The van der Waals surface area contributed by atoms with Crippen LogP contribution in [0.5, 0.6) is 0 Å². The predicted molar refractivity (Wildman–Crippen MR) is 85.0 cm³/mol. The molecular formula is C18H29NO. The van der Waals surface area contributed by atoms with Crippen LogP contribution in [0.3, 0.4) is 0 Å². The van der Waals surface area contributed by atoms with E-state index < -0.39 is 0 Å². The topological polar surface area (TPSA) is 35.2 Å². The van der Waals surface area contributed by atoms with E-state index >= 15 is 0 Å². The molecule has 0 aliphatic heterocycles. The largest absolute Gasteiger partial charge is 0.377 e. The van der Waals surface area contributed by atoms with E-state index in [1.54, 1.807) is 0 Å². The van der Waals surface area contributed by atoms with Crippen molar-refractivity contribution in [2.45, 2.75) is 69.9 Å². The molecule has 20 heavy (non-hydrogen) atoms. The molecule has 2 heteroatoms. The predicted octanol–water partition coefficient (Wildman–Crippen LogP) is 4.03. The zero-order valence-corrected chi connectivity index (χ0v) is 13.2. The molecule has 0 saturated carbocycles. The van der Waals surface area contributed by atoms with Crippen molar-refractivity contribution in [2.24, 2.45) is 5.73 Å². The molecule has 0 radical (unpaired) electrons. The van der Waals surface area contributed by atoms with E-state index in [1.807, 2.05) is 7.11 Å². The van der Waals surface area contributed by atoms with E-state index in [2.05, 4.69) is 38.1 Å². The number of rotatable bonds is 6.